The number of hydrogen-bond acceptors (Lipinski definition) is 5. The molecule has 1 aliphatic carbocycles. The third-order valence-electron chi connectivity index (χ3n) is 5.90. The molecule has 166 valence electrons. The number of aryl methyl sites for hydroxylation is 1. The number of carbonyl (C=O) groups is 4. The predicted octanol–water partition coefficient (Wildman–Crippen LogP) is 4.37. The molecule has 2 aliphatic rings. The number of nitrogens with one attached hydrogen (secondary N) is 1. The molecule has 0 atom stereocenters. The monoisotopic (exact) mass is 454 g/mol. The zero-order valence-electron chi connectivity index (χ0n) is 17.7. The van der Waals surface area contributed by atoms with Gasteiger partial charge in [-0.05, 0) is 55.7 Å². The Morgan fingerprint density at radius 1 is 1.03 bits per heavy atom. The SMILES string of the molecule is Cc1ccc(Cl)cc1NC(=O)COC(=O)c1ccc2c(c1)C(=O)N(C1CCCCC1)C2=O. The highest BCUT2D eigenvalue weighted by Crippen LogP contribution is 2.31. The van der Waals surface area contributed by atoms with Crippen molar-refractivity contribution in [1.29, 1.82) is 0 Å². The van der Waals surface area contributed by atoms with Crippen LogP contribution in [-0.2, 0) is 9.53 Å². The van der Waals surface area contributed by atoms with E-state index >= 15 is 0 Å². The van der Waals surface area contributed by atoms with Gasteiger partial charge in [0.2, 0.25) is 0 Å². The van der Waals surface area contributed by atoms with Gasteiger partial charge in [-0.15, -0.1) is 0 Å². The quantitative estimate of drug-likeness (QED) is 0.534. The van der Waals surface area contributed by atoms with Crippen molar-refractivity contribution in [2.75, 3.05) is 11.9 Å². The van der Waals surface area contributed by atoms with E-state index in [2.05, 4.69) is 5.32 Å². The summed E-state index contributed by atoms with van der Waals surface area (Å²) in [6.07, 6.45) is 4.71. The van der Waals surface area contributed by atoms with Gasteiger partial charge in [0.05, 0.1) is 16.7 Å². The summed E-state index contributed by atoms with van der Waals surface area (Å²) in [4.78, 5) is 51.6. The largest absolute Gasteiger partial charge is 0.452 e. The summed E-state index contributed by atoms with van der Waals surface area (Å²) in [6, 6.07) is 9.29. The predicted molar refractivity (Wildman–Crippen MR) is 119 cm³/mol. The van der Waals surface area contributed by atoms with E-state index in [4.69, 9.17) is 16.3 Å². The van der Waals surface area contributed by atoms with Crippen molar-refractivity contribution in [3.8, 4) is 0 Å². The Balaban J connectivity index is 1.41. The van der Waals surface area contributed by atoms with Gasteiger partial charge in [-0.3, -0.25) is 19.3 Å². The molecule has 1 N–H and O–H groups in total. The van der Waals surface area contributed by atoms with Crippen LogP contribution < -0.4 is 5.32 Å². The van der Waals surface area contributed by atoms with Crippen molar-refractivity contribution in [2.24, 2.45) is 0 Å². The molecule has 4 rings (SSSR count). The van der Waals surface area contributed by atoms with Gasteiger partial charge in [0.1, 0.15) is 0 Å². The van der Waals surface area contributed by atoms with Crippen LogP contribution in [0, 0.1) is 6.92 Å². The summed E-state index contributed by atoms with van der Waals surface area (Å²) < 4.78 is 5.10. The zero-order valence-corrected chi connectivity index (χ0v) is 18.4. The number of halogens is 1. The molecule has 7 nitrogen and oxygen atoms in total. The van der Waals surface area contributed by atoms with E-state index in [-0.39, 0.29) is 29.0 Å². The van der Waals surface area contributed by atoms with Crippen molar-refractivity contribution in [3.05, 3.63) is 63.7 Å². The molecule has 1 saturated carbocycles. The first-order valence-corrected chi connectivity index (χ1v) is 11.0. The van der Waals surface area contributed by atoms with Gasteiger partial charge in [0.25, 0.3) is 17.7 Å². The van der Waals surface area contributed by atoms with E-state index in [0.717, 1.165) is 37.7 Å². The van der Waals surface area contributed by atoms with Gasteiger partial charge in [-0.1, -0.05) is 36.9 Å². The number of fused-ring (bicyclic) bond motifs is 1. The number of carbonyl (C=O) groups excluding carboxylic acids is 4. The van der Waals surface area contributed by atoms with Gasteiger partial charge in [-0.25, -0.2) is 4.79 Å². The molecule has 1 aliphatic heterocycles. The molecule has 32 heavy (non-hydrogen) atoms. The number of benzene rings is 2. The lowest BCUT2D eigenvalue weighted by molar-refractivity contribution is -0.119. The molecular weight excluding hydrogens is 432 g/mol. The zero-order chi connectivity index (χ0) is 22.8. The maximum atomic E-state index is 12.9. The number of esters is 1. The molecule has 0 bridgehead atoms. The number of ether oxygens (including phenoxy) is 1. The van der Waals surface area contributed by atoms with Gasteiger partial charge < -0.3 is 10.1 Å². The lowest BCUT2D eigenvalue weighted by Crippen LogP contribution is -2.40. The van der Waals surface area contributed by atoms with Crippen LogP contribution in [0.25, 0.3) is 0 Å². The third kappa shape index (κ3) is 4.39. The number of anilines is 1. The normalized spacial score (nSPS) is 16.1. The molecule has 1 heterocycles. The second-order valence-electron chi connectivity index (χ2n) is 8.12. The lowest BCUT2D eigenvalue weighted by atomic mass is 9.94. The maximum absolute atomic E-state index is 12.9. The summed E-state index contributed by atoms with van der Waals surface area (Å²) in [6.45, 7) is 1.32. The molecule has 0 unspecified atom stereocenters. The number of amides is 3. The Bertz CT molecular complexity index is 1110. The highest BCUT2D eigenvalue weighted by Gasteiger charge is 2.40. The number of nitrogens with zero attached hydrogens (tertiary/aromatic N) is 1. The summed E-state index contributed by atoms with van der Waals surface area (Å²) in [5, 5.41) is 3.12. The first-order chi connectivity index (χ1) is 15.3. The van der Waals surface area contributed by atoms with E-state index in [0.29, 0.717) is 16.3 Å². The molecule has 2 aromatic rings. The standard InChI is InChI=1S/C24H23ClN2O5/c1-14-7-9-16(25)12-20(14)26-21(28)13-32-24(31)15-8-10-18-19(11-15)23(30)27(22(18)29)17-5-3-2-4-6-17/h7-12,17H,2-6,13H2,1H3,(H,26,28). The second-order valence-corrected chi connectivity index (χ2v) is 8.55. The van der Waals surface area contributed by atoms with Crippen LogP contribution in [0.2, 0.25) is 5.02 Å². The fourth-order valence-corrected chi connectivity index (χ4v) is 4.36. The van der Waals surface area contributed by atoms with Crippen LogP contribution in [0.4, 0.5) is 5.69 Å². The lowest BCUT2D eigenvalue weighted by Gasteiger charge is -2.29. The second kappa shape index (κ2) is 9.12. The molecule has 2 aromatic carbocycles. The summed E-state index contributed by atoms with van der Waals surface area (Å²) in [5.41, 5.74) is 1.96. The minimum atomic E-state index is -0.748. The van der Waals surface area contributed by atoms with Crippen LogP contribution >= 0.6 is 11.6 Å². The minimum absolute atomic E-state index is 0.0924. The Labute approximate surface area is 190 Å². The van der Waals surface area contributed by atoms with Gasteiger partial charge >= 0.3 is 5.97 Å². The van der Waals surface area contributed by atoms with E-state index in [1.54, 1.807) is 18.2 Å². The molecule has 0 aromatic heterocycles. The van der Waals surface area contributed by atoms with Crippen LogP contribution in [0.15, 0.2) is 36.4 Å². The van der Waals surface area contributed by atoms with Crippen LogP contribution in [0.3, 0.4) is 0 Å². The topological polar surface area (TPSA) is 92.8 Å². The van der Waals surface area contributed by atoms with E-state index < -0.39 is 18.5 Å². The molecule has 1 fully saturated rings. The molecule has 3 amide bonds. The van der Waals surface area contributed by atoms with E-state index in [9.17, 15) is 19.2 Å². The molecule has 0 spiro atoms. The number of imide groups is 1. The fraction of sp³-hybridized carbons (Fsp3) is 0.333. The molecule has 0 saturated heterocycles. The average Bonchev–Trinajstić information content (AvgIpc) is 3.04. The first kappa shape index (κ1) is 22.0. The average molecular weight is 455 g/mol. The summed E-state index contributed by atoms with van der Waals surface area (Å²) in [7, 11) is 0. The fourth-order valence-electron chi connectivity index (χ4n) is 4.19. The van der Waals surface area contributed by atoms with E-state index in [1.807, 2.05) is 6.92 Å². The van der Waals surface area contributed by atoms with Crippen LogP contribution in [0.1, 0.15) is 68.7 Å². The van der Waals surface area contributed by atoms with Crippen molar-refractivity contribution >= 4 is 41.0 Å². The third-order valence-corrected chi connectivity index (χ3v) is 6.14. The minimum Gasteiger partial charge on any atom is -0.452 e. The van der Waals surface area contributed by atoms with Crippen molar-refractivity contribution < 1.29 is 23.9 Å². The summed E-state index contributed by atoms with van der Waals surface area (Å²) >= 11 is 5.94. The summed E-state index contributed by atoms with van der Waals surface area (Å²) in [5.74, 6) is -1.95. The number of hydrogen-bond donors (Lipinski definition) is 1. The Hall–Kier alpha value is -3.19. The maximum Gasteiger partial charge on any atom is 0.338 e. The van der Waals surface area contributed by atoms with E-state index in [1.165, 1.54) is 23.1 Å². The first-order valence-electron chi connectivity index (χ1n) is 10.6. The highest BCUT2D eigenvalue weighted by molar-refractivity contribution is 6.31. The van der Waals surface area contributed by atoms with Crippen LogP contribution in [-0.4, -0.2) is 41.2 Å². The van der Waals surface area contributed by atoms with Crippen molar-refractivity contribution in [2.45, 2.75) is 45.1 Å². The molecular formula is C24H23ClN2O5. The van der Waals surface area contributed by atoms with Crippen molar-refractivity contribution in [3.63, 3.8) is 0 Å². The number of rotatable bonds is 5. The smallest absolute Gasteiger partial charge is 0.338 e. The highest BCUT2D eigenvalue weighted by atomic mass is 35.5. The van der Waals surface area contributed by atoms with Gasteiger partial charge in [-0.2, -0.15) is 0 Å². The van der Waals surface area contributed by atoms with Crippen molar-refractivity contribution in [1.82, 2.24) is 4.90 Å². The molecule has 8 heteroatoms. The Kier molecular flexibility index (Phi) is 6.28. The van der Waals surface area contributed by atoms with Crippen LogP contribution in [0.5, 0.6) is 0 Å². The Morgan fingerprint density at radius 3 is 2.50 bits per heavy atom. The Morgan fingerprint density at radius 2 is 1.75 bits per heavy atom. The van der Waals surface area contributed by atoms with Gasteiger partial charge in [0.15, 0.2) is 6.61 Å². The molecule has 0 radical (unpaired) electrons. The van der Waals surface area contributed by atoms with Gasteiger partial charge in [0, 0.05) is 16.8 Å².